The Morgan fingerprint density at radius 3 is 2.04 bits per heavy atom. The number of anilines is 3. The van der Waals surface area contributed by atoms with Crippen molar-refractivity contribution >= 4 is 28.9 Å². The lowest BCUT2D eigenvalue weighted by atomic mass is 10.2. The van der Waals surface area contributed by atoms with E-state index in [1.807, 2.05) is 97.9 Å². The summed E-state index contributed by atoms with van der Waals surface area (Å²) in [5.74, 6) is -1.28. The molecule has 0 aliphatic carbocycles. The Hall–Kier alpha value is -3.60. The fourth-order valence-electron chi connectivity index (χ4n) is 2.82. The van der Waals surface area contributed by atoms with Gasteiger partial charge in [0.1, 0.15) is 0 Å². The second-order valence-corrected chi connectivity index (χ2v) is 6.61. The van der Waals surface area contributed by atoms with Crippen LogP contribution < -0.4 is 15.1 Å². The number of nitrogens with zero attached hydrogens (tertiary/aromatic N) is 2. The van der Waals surface area contributed by atoms with Crippen molar-refractivity contribution in [2.75, 3.05) is 29.2 Å². The molecule has 3 aromatic rings. The number of rotatable bonds is 5. The number of carbonyl (C=O) groups excluding carboxylic acids is 2. The first-order valence-electron chi connectivity index (χ1n) is 9.04. The standard InChI is InChI=1S/C23H23N3O2/c1-25(2)21-15-9-12-19(16-21)24-22(27)23(28)26(20-13-7-4-8-14-20)17-18-10-5-3-6-11-18/h3-16H,17H2,1-2H3,(H,24,27). The van der Waals surface area contributed by atoms with Crippen molar-refractivity contribution in [1.82, 2.24) is 0 Å². The van der Waals surface area contributed by atoms with Crippen LogP contribution >= 0.6 is 0 Å². The number of hydrogen-bond donors (Lipinski definition) is 1. The molecule has 0 unspecified atom stereocenters. The molecule has 0 radical (unpaired) electrons. The second kappa shape index (κ2) is 8.86. The summed E-state index contributed by atoms with van der Waals surface area (Å²) in [6, 6.07) is 26.2. The molecule has 0 aliphatic rings. The summed E-state index contributed by atoms with van der Waals surface area (Å²) in [6.45, 7) is 0.314. The fourth-order valence-corrected chi connectivity index (χ4v) is 2.82. The average molecular weight is 373 g/mol. The lowest BCUT2D eigenvalue weighted by molar-refractivity contribution is -0.134. The van der Waals surface area contributed by atoms with Gasteiger partial charge >= 0.3 is 11.8 Å². The lowest BCUT2D eigenvalue weighted by Gasteiger charge is -2.22. The number of hydrogen-bond acceptors (Lipinski definition) is 3. The van der Waals surface area contributed by atoms with Crippen LogP contribution in [0.25, 0.3) is 0 Å². The topological polar surface area (TPSA) is 52.7 Å². The van der Waals surface area contributed by atoms with E-state index in [2.05, 4.69) is 5.32 Å². The molecule has 0 heterocycles. The zero-order valence-electron chi connectivity index (χ0n) is 16.0. The third-order valence-corrected chi connectivity index (χ3v) is 4.31. The van der Waals surface area contributed by atoms with Gasteiger partial charge in [0, 0.05) is 31.2 Å². The minimum Gasteiger partial charge on any atom is -0.378 e. The first-order valence-corrected chi connectivity index (χ1v) is 9.04. The summed E-state index contributed by atoms with van der Waals surface area (Å²) >= 11 is 0. The van der Waals surface area contributed by atoms with E-state index in [0.29, 0.717) is 17.9 Å². The molecule has 2 amide bonds. The molecule has 1 N–H and O–H groups in total. The van der Waals surface area contributed by atoms with Gasteiger partial charge in [-0.15, -0.1) is 0 Å². The first kappa shape index (κ1) is 19.2. The van der Waals surface area contributed by atoms with E-state index in [9.17, 15) is 9.59 Å². The van der Waals surface area contributed by atoms with E-state index in [1.165, 1.54) is 4.90 Å². The van der Waals surface area contributed by atoms with Crippen LogP contribution in [0.2, 0.25) is 0 Å². The minimum absolute atomic E-state index is 0.314. The predicted molar refractivity (Wildman–Crippen MR) is 113 cm³/mol. The Balaban J connectivity index is 1.82. The molecule has 0 fully saturated rings. The highest BCUT2D eigenvalue weighted by molar-refractivity contribution is 6.44. The van der Waals surface area contributed by atoms with E-state index in [1.54, 1.807) is 6.07 Å². The van der Waals surface area contributed by atoms with Crippen molar-refractivity contribution in [2.24, 2.45) is 0 Å². The molecule has 3 aromatic carbocycles. The highest BCUT2D eigenvalue weighted by Crippen LogP contribution is 2.20. The van der Waals surface area contributed by atoms with Gasteiger partial charge < -0.3 is 10.2 Å². The molecule has 0 spiro atoms. The minimum atomic E-state index is -0.671. The Labute approximate surface area is 165 Å². The van der Waals surface area contributed by atoms with Gasteiger partial charge in [0.15, 0.2) is 0 Å². The zero-order valence-corrected chi connectivity index (χ0v) is 16.0. The summed E-state index contributed by atoms with van der Waals surface area (Å²) in [5.41, 5.74) is 3.14. The van der Waals surface area contributed by atoms with Gasteiger partial charge in [0.2, 0.25) is 0 Å². The third kappa shape index (κ3) is 4.76. The average Bonchev–Trinajstić information content (AvgIpc) is 2.73. The molecular weight excluding hydrogens is 350 g/mol. The lowest BCUT2D eigenvalue weighted by Crippen LogP contribution is -2.39. The van der Waals surface area contributed by atoms with Gasteiger partial charge in [0.25, 0.3) is 0 Å². The quantitative estimate of drug-likeness (QED) is 0.690. The number of para-hydroxylation sites is 1. The van der Waals surface area contributed by atoms with Gasteiger partial charge in [-0.05, 0) is 35.9 Å². The molecule has 28 heavy (non-hydrogen) atoms. The summed E-state index contributed by atoms with van der Waals surface area (Å²) in [7, 11) is 3.84. The van der Waals surface area contributed by atoms with Crippen LogP contribution in [0.1, 0.15) is 5.56 Å². The van der Waals surface area contributed by atoms with Crippen LogP contribution in [0.3, 0.4) is 0 Å². The van der Waals surface area contributed by atoms with Gasteiger partial charge in [-0.1, -0.05) is 54.6 Å². The molecule has 0 saturated heterocycles. The summed E-state index contributed by atoms with van der Waals surface area (Å²) in [4.78, 5) is 29.1. The van der Waals surface area contributed by atoms with Crippen LogP contribution in [0.5, 0.6) is 0 Å². The number of benzene rings is 3. The summed E-state index contributed by atoms with van der Waals surface area (Å²) in [6.07, 6.45) is 0. The predicted octanol–water partition coefficient (Wildman–Crippen LogP) is 3.92. The summed E-state index contributed by atoms with van der Waals surface area (Å²) < 4.78 is 0. The largest absolute Gasteiger partial charge is 0.378 e. The van der Waals surface area contributed by atoms with Crippen LogP contribution in [0, 0.1) is 0 Å². The highest BCUT2D eigenvalue weighted by Gasteiger charge is 2.23. The molecular formula is C23H23N3O2. The molecule has 0 bridgehead atoms. The molecule has 5 heteroatoms. The molecule has 5 nitrogen and oxygen atoms in total. The van der Waals surface area contributed by atoms with Crippen LogP contribution in [0.4, 0.5) is 17.1 Å². The fraction of sp³-hybridized carbons (Fsp3) is 0.130. The van der Waals surface area contributed by atoms with E-state index >= 15 is 0 Å². The smallest absolute Gasteiger partial charge is 0.316 e. The Morgan fingerprint density at radius 2 is 1.39 bits per heavy atom. The number of amides is 2. The van der Waals surface area contributed by atoms with Crippen molar-refractivity contribution in [1.29, 1.82) is 0 Å². The second-order valence-electron chi connectivity index (χ2n) is 6.61. The zero-order chi connectivity index (χ0) is 19.9. The monoisotopic (exact) mass is 373 g/mol. The van der Waals surface area contributed by atoms with Gasteiger partial charge in [0.05, 0.1) is 6.54 Å². The van der Waals surface area contributed by atoms with Crippen molar-refractivity contribution < 1.29 is 9.59 Å². The van der Waals surface area contributed by atoms with E-state index in [4.69, 9.17) is 0 Å². The Kier molecular flexibility index (Phi) is 6.07. The molecule has 0 aromatic heterocycles. The maximum Gasteiger partial charge on any atom is 0.316 e. The first-order chi connectivity index (χ1) is 13.5. The van der Waals surface area contributed by atoms with Gasteiger partial charge in [-0.2, -0.15) is 0 Å². The van der Waals surface area contributed by atoms with Crippen molar-refractivity contribution in [3.63, 3.8) is 0 Å². The number of nitrogens with one attached hydrogen (secondary N) is 1. The van der Waals surface area contributed by atoms with Crippen molar-refractivity contribution in [3.05, 3.63) is 90.5 Å². The van der Waals surface area contributed by atoms with Crippen molar-refractivity contribution in [3.8, 4) is 0 Å². The molecule has 3 rings (SSSR count). The van der Waals surface area contributed by atoms with Gasteiger partial charge in [-0.25, -0.2) is 0 Å². The third-order valence-electron chi connectivity index (χ3n) is 4.31. The summed E-state index contributed by atoms with van der Waals surface area (Å²) in [5, 5.41) is 2.72. The maximum atomic E-state index is 13.0. The normalized spacial score (nSPS) is 10.2. The van der Waals surface area contributed by atoms with Crippen LogP contribution in [-0.4, -0.2) is 25.9 Å². The van der Waals surface area contributed by atoms with Crippen LogP contribution in [-0.2, 0) is 16.1 Å². The molecule has 0 aliphatic heterocycles. The van der Waals surface area contributed by atoms with Gasteiger partial charge in [-0.3, -0.25) is 14.5 Å². The van der Waals surface area contributed by atoms with E-state index < -0.39 is 11.8 Å². The molecule has 0 atom stereocenters. The molecule has 0 saturated carbocycles. The Morgan fingerprint density at radius 1 is 0.786 bits per heavy atom. The van der Waals surface area contributed by atoms with Crippen LogP contribution in [0.15, 0.2) is 84.9 Å². The maximum absolute atomic E-state index is 13.0. The highest BCUT2D eigenvalue weighted by atomic mass is 16.2. The SMILES string of the molecule is CN(C)c1cccc(NC(=O)C(=O)N(Cc2ccccc2)c2ccccc2)c1. The molecule has 142 valence electrons. The van der Waals surface area contributed by atoms with E-state index in [-0.39, 0.29) is 0 Å². The van der Waals surface area contributed by atoms with Crippen molar-refractivity contribution in [2.45, 2.75) is 6.54 Å². The Bertz CT molecular complexity index is 940. The number of carbonyl (C=O) groups is 2. The van der Waals surface area contributed by atoms with E-state index in [0.717, 1.165) is 11.3 Å².